The Morgan fingerprint density at radius 2 is 2.00 bits per heavy atom. The van der Waals surface area contributed by atoms with Crippen LogP contribution in [0.15, 0.2) is 18.2 Å². The molecule has 0 spiro atoms. The third-order valence-corrected chi connectivity index (χ3v) is 2.10. The van der Waals surface area contributed by atoms with Crippen molar-refractivity contribution >= 4 is 17.6 Å². The molecule has 1 rings (SSSR count). The molecule has 17 heavy (non-hydrogen) atoms. The van der Waals surface area contributed by atoms with Gasteiger partial charge in [0.25, 0.3) is 0 Å². The zero-order chi connectivity index (χ0) is 13.0. The summed E-state index contributed by atoms with van der Waals surface area (Å²) in [4.78, 5) is 22.4. The zero-order valence-corrected chi connectivity index (χ0v) is 9.73. The topological polar surface area (TPSA) is 86.6 Å². The Morgan fingerprint density at radius 1 is 1.35 bits per heavy atom. The fraction of sp³-hybridized carbons (Fsp3) is 0.333. The van der Waals surface area contributed by atoms with Gasteiger partial charge in [-0.25, -0.2) is 4.79 Å². The number of aromatic hydroxyl groups is 1. The van der Waals surface area contributed by atoms with Gasteiger partial charge in [0.15, 0.2) is 0 Å². The van der Waals surface area contributed by atoms with E-state index in [-0.39, 0.29) is 28.8 Å². The Bertz CT molecular complexity index is 440. The summed E-state index contributed by atoms with van der Waals surface area (Å²) < 4.78 is 0. The van der Waals surface area contributed by atoms with Crippen LogP contribution in [0.1, 0.15) is 30.6 Å². The largest absolute Gasteiger partial charge is 0.508 e. The van der Waals surface area contributed by atoms with Crippen molar-refractivity contribution in [3.05, 3.63) is 23.8 Å². The van der Waals surface area contributed by atoms with Crippen molar-refractivity contribution in [1.29, 1.82) is 0 Å². The number of carboxylic acid groups (broad SMARTS) is 1. The van der Waals surface area contributed by atoms with Crippen molar-refractivity contribution in [3.63, 3.8) is 0 Å². The SMILES string of the molecule is CC(C)CC(=O)Nc1ccc(O)cc1C(=O)O. The molecule has 92 valence electrons. The fourth-order valence-corrected chi connectivity index (χ4v) is 1.39. The van der Waals surface area contributed by atoms with Crippen molar-refractivity contribution in [2.24, 2.45) is 5.92 Å². The normalized spacial score (nSPS) is 10.3. The number of hydrogen-bond donors (Lipinski definition) is 3. The molecule has 0 aliphatic rings. The average molecular weight is 237 g/mol. The highest BCUT2D eigenvalue weighted by Crippen LogP contribution is 2.21. The molecule has 0 aliphatic heterocycles. The zero-order valence-electron chi connectivity index (χ0n) is 9.73. The second kappa shape index (κ2) is 5.34. The van der Waals surface area contributed by atoms with Gasteiger partial charge in [-0.15, -0.1) is 0 Å². The molecular formula is C12H15NO4. The number of phenolic OH excluding ortho intramolecular Hbond substituents is 1. The number of carbonyl (C=O) groups excluding carboxylic acids is 1. The van der Waals surface area contributed by atoms with E-state index in [1.807, 2.05) is 13.8 Å². The van der Waals surface area contributed by atoms with Gasteiger partial charge in [0.1, 0.15) is 5.75 Å². The van der Waals surface area contributed by atoms with Gasteiger partial charge in [0.2, 0.25) is 5.91 Å². The van der Waals surface area contributed by atoms with Crippen LogP contribution in [0.3, 0.4) is 0 Å². The Hall–Kier alpha value is -2.04. The van der Waals surface area contributed by atoms with E-state index in [2.05, 4.69) is 5.32 Å². The minimum absolute atomic E-state index is 0.123. The van der Waals surface area contributed by atoms with Gasteiger partial charge in [-0.3, -0.25) is 4.79 Å². The Kier molecular flexibility index (Phi) is 4.09. The lowest BCUT2D eigenvalue weighted by Gasteiger charge is -2.10. The molecule has 0 aliphatic carbocycles. The van der Waals surface area contributed by atoms with Crippen LogP contribution in [-0.2, 0) is 4.79 Å². The van der Waals surface area contributed by atoms with Gasteiger partial charge in [-0.2, -0.15) is 0 Å². The fourth-order valence-electron chi connectivity index (χ4n) is 1.39. The first-order chi connectivity index (χ1) is 7.90. The number of phenols is 1. The van der Waals surface area contributed by atoms with E-state index in [9.17, 15) is 14.7 Å². The smallest absolute Gasteiger partial charge is 0.337 e. The van der Waals surface area contributed by atoms with Crippen molar-refractivity contribution in [2.75, 3.05) is 5.32 Å². The molecule has 1 aromatic rings. The van der Waals surface area contributed by atoms with Gasteiger partial charge < -0.3 is 15.5 Å². The average Bonchev–Trinajstić information content (AvgIpc) is 2.19. The number of carbonyl (C=O) groups is 2. The van der Waals surface area contributed by atoms with Crippen molar-refractivity contribution in [3.8, 4) is 5.75 Å². The highest BCUT2D eigenvalue weighted by Gasteiger charge is 2.13. The third kappa shape index (κ3) is 3.79. The van der Waals surface area contributed by atoms with Crippen LogP contribution in [0.5, 0.6) is 5.75 Å². The minimum atomic E-state index is -1.19. The number of carboxylic acids is 1. The lowest BCUT2D eigenvalue weighted by Crippen LogP contribution is -2.16. The molecule has 0 saturated carbocycles. The maximum atomic E-state index is 11.5. The summed E-state index contributed by atoms with van der Waals surface area (Å²) >= 11 is 0. The number of benzene rings is 1. The maximum Gasteiger partial charge on any atom is 0.337 e. The number of anilines is 1. The minimum Gasteiger partial charge on any atom is -0.508 e. The Balaban J connectivity index is 2.91. The van der Waals surface area contributed by atoms with E-state index in [4.69, 9.17) is 5.11 Å². The van der Waals surface area contributed by atoms with Gasteiger partial charge >= 0.3 is 5.97 Å². The summed E-state index contributed by atoms with van der Waals surface area (Å²) in [5, 5.41) is 20.6. The van der Waals surface area contributed by atoms with Gasteiger partial charge in [0.05, 0.1) is 11.3 Å². The summed E-state index contributed by atoms with van der Waals surface area (Å²) in [7, 11) is 0. The van der Waals surface area contributed by atoms with Crippen LogP contribution in [0.25, 0.3) is 0 Å². The lowest BCUT2D eigenvalue weighted by molar-refractivity contribution is -0.116. The molecule has 1 aromatic carbocycles. The third-order valence-electron chi connectivity index (χ3n) is 2.10. The first-order valence-electron chi connectivity index (χ1n) is 5.26. The monoisotopic (exact) mass is 237 g/mol. The van der Waals surface area contributed by atoms with Gasteiger partial charge in [-0.05, 0) is 24.1 Å². The molecule has 5 nitrogen and oxygen atoms in total. The van der Waals surface area contributed by atoms with Crippen LogP contribution < -0.4 is 5.32 Å². The van der Waals surface area contributed by atoms with Crippen molar-refractivity contribution in [2.45, 2.75) is 20.3 Å². The molecule has 0 radical (unpaired) electrons. The molecule has 0 bridgehead atoms. The molecule has 0 fully saturated rings. The van der Waals surface area contributed by atoms with E-state index >= 15 is 0 Å². The standard InChI is InChI=1S/C12H15NO4/c1-7(2)5-11(15)13-10-4-3-8(14)6-9(10)12(16)17/h3-4,6-7,14H,5H2,1-2H3,(H,13,15)(H,16,17). The molecule has 5 heteroatoms. The van der Waals surface area contributed by atoms with Gasteiger partial charge in [0, 0.05) is 6.42 Å². The molecule has 0 unspecified atom stereocenters. The van der Waals surface area contributed by atoms with E-state index < -0.39 is 5.97 Å². The van der Waals surface area contributed by atoms with Crippen molar-refractivity contribution < 1.29 is 19.8 Å². The summed E-state index contributed by atoms with van der Waals surface area (Å²) in [6, 6.07) is 3.81. The first kappa shape index (κ1) is 13.0. The van der Waals surface area contributed by atoms with Crippen LogP contribution in [-0.4, -0.2) is 22.1 Å². The Labute approximate surface area is 99.1 Å². The van der Waals surface area contributed by atoms with Gasteiger partial charge in [-0.1, -0.05) is 13.8 Å². The van der Waals surface area contributed by atoms with E-state index in [1.54, 1.807) is 0 Å². The second-order valence-electron chi connectivity index (χ2n) is 4.18. The molecule has 0 saturated heterocycles. The molecule has 1 amide bonds. The van der Waals surface area contributed by atoms with Crippen LogP contribution in [0.4, 0.5) is 5.69 Å². The molecule has 0 aromatic heterocycles. The Morgan fingerprint density at radius 3 is 2.53 bits per heavy atom. The number of rotatable bonds is 4. The molecular weight excluding hydrogens is 222 g/mol. The second-order valence-corrected chi connectivity index (χ2v) is 4.18. The van der Waals surface area contributed by atoms with E-state index in [0.717, 1.165) is 6.07 Å². The maximum absolute atomic E-state index is 11.5. The highest BCUT2D eigenvalue weighted by atomic mass is 16.4. The molecule has 3 N–H and O–H groups in total. The molecule has 0 heterocycles. The summed E-state index contributed by atoms with van der Waals surface area (Å²) in [6.07, 6.45) is 0.319. The number of hydrogen-bond acceptors (Lipinski definition) is 3. The number of aromatic carboxylic acids is 1. The highest BCUT2D eigenvalue weighted by molar-refractivity contribution is 6.00. The summed E-state index contributed by atoms with van der Waals surface area (Å²) in [5.74, 6) is -1.39. The van der Waals surface area contributed by atoms with E-state index in [1.165, 1.54) is 12.1 Å². The van der Waals surface area contributed by atoms with Crippen LogP contribution in [0.2, 0.25) is 0 Å². The van der Waals surface area contributed by atoms with Crippen LogP contribution >= 0.6 is 0 Å². The first-order valence-corrected chi connectivity index (χ1v) is 5.26. The summed E-state index contributed by atoms with van der Waals surface area (Å²) in [5.41, 5.74) is 0.0723. The van der Waals surface area contributed by atoms with E-state index in [0.29, 0.717) is 6.42 Å². The van der Waals surface area contributed by atoms with Crippen LogP contribution in [0, 0.1) is 5.92 Å². The predicted octanol–water partition coefficient (Wildman–Crippen LogP) is 2.07. The molecule has 0 atom stereocenters. The predicted molar refractivity (Wildman–Crippen MR) is 63.2 cm³/mol. The quantitative estimate of drug-likeness (QED) is 0.700. The lowest BCUT2D eigenvalue weighted by atomic mass is 10.1. The van der Waals surface area contributed by atoms with Crippen molar-refractivity contribution in [1.82, 2.24) is 0 Å². The number of nitrogens with one attached hydrogen (secondary N) is 1. The summed E-state index contributed by atoms with van der Waals surface area (Å²) in [6.45, 7) is 3.79. The number of amides is 1.